The van der Waals surface area contributed by atoms with Crippen LogP contribution in [0.5, 0.6) is 0 Å². The highest BCUT2D eigenvalue weighted by Gasteiger charge is 2.50. The normalized spacial score (nSPS) is 18.4. The molecular formula is C73H114O12. The second-order valence-electron chi connectivity index (χ2n) is 21.6. The third-order valence-electron chi connectivity index (χ3n) is 13.9. The molecule has 6 unspecified atom stereocenters. The average molecular weight is 1180 g/mol. The first-order valence-electron chi connectivity index (χ1n) is 32.8. The highest BCUT2D eigenvalue weighted by atomic mass is 16.7. The predicted molar refractivity (Wildman–Crippen MR) is 349 cm³/mol. The van der Waals surface area contributed by atoms with Crippen LogP contribution in [0.2, 0.25) is 0 Å². The lowest BCUT2D eigenvalue weighted by atomic mass is 9.98. The number of carboxylic acid groups (broad SMARTS) is 1. The molecule has 1 aliphatic rings. The fraction of sp³-hybridized carbons (Fsp3) is 0.616. The summed E-state index contributed by atoms with van der Waals surface area (Å²) in [5.41, 5.74) is 0. The van der Waals surface area contributed by atoms with Gasteiger partial charge in [-0.15, -0.1) is 0 Å². The molecule has 1 fully saturated rings. The van der Waals surface area contributed by atoms with Crippen molar-refractivity contribution in [3.63, 3.8) is 0 Å². The summed E-state index contributed by atoms with van der Waals surface area (Å²) in [6.07, 6.45) is 72.2. The van der Waals surface area contributed by atoms with E-state index in [-0.39, 0.29) is 25.9 Å². The fourth-order valence-corrected chi connectivity index (χ4v) is 8.99. The Hall–Kier alpha value is -5.40. The van der Waals surface area contributed by atoms with Crippen molar-refractivity contribution in [3.05, 3.63) is 146 Å². The molecule has 12 nitrogen and oxygen atoms in total. The maximum absolute atomic E-state index is 13.2. The molecule has 12 heteroatoms. The van der Waals surface area contributed by atoms with Gasteiger partial charge in [0.25, 0.3) is 0 Å². The van der Waals surface area contributed by atoms with Crippen molar-refractivity contribution in [3.8, 4) is 0 Å². The SMILES string of the molecule is CC/C=C\C/C=C\C/C=C\C/C=C\C/C=C\CCCCCC(=O)OC1C(OCC(COC(=O)CCCCCCCC/C=C\C/C=C\C/C=C\C/C=C\CC)OC(=O)CCCCCCCCC/C=C\C/C=C\C/C=C\CC)OC(C(=O)O)C(O)C1O. The largest absolute Gasteiger partial charge is 0.479 e. The number of hydrogen-bond donors (Lipinski definition) is 3. The van der Waals surface area contributed by atoms with Gasteiger partial charge in [-0.05, 0) is 135 Å². The number of hydrogen-bond acceptors (Lipinski definition) is 11. The van der Waals surface area contributed by atoms with Gasteiger partial charge >= 0.3 is 23.9 Å². The molecule has 0 bridgehead atoms. The van der Waals surface area contributed by atoms with E-state index in [1.807, 2.05) is 0 Å². The number of carbonyl (C=O) groups excluding carboxylic acids is 3. The Bertz CT molecular complexity index is 2030. The van der Waals surface area contributed by atoms with Crippen molar-refractivity contribution in [1.29, 1.82) is 0 Å². The van der Waals surface area contributed by atoms with Gasteiger partial charge in [0.1, 0.15) is 18.8 Å². The highest BCUT2D eigenvalue weighted by Crippen LogP contribution is 2.26. The lowest BCUT2D eigenvalue weighted by Crippen LogP contribution is -2.61. The molecule has 0 aromatic carbocycles. The van der Waals surface area contributed by atoms with E-state index in [1.165, 1.54) is 0 Å². The van der Waals surface area contributed by atoms with E-state index in [9.17, 15) is 34.5 Å². The van der Waals surface area contributed by atoms with Crippen LogP contribution in [0.1, 0.15) is 239 Å². The Morgan fingerprint density at radius 2 is 0.706 bits per heavy atom. The number of esters is 3. The minimum Gasteiger partial charge on any atom is -0.479 e. The molecule has 0 aromatic heterocycles. The van der Waals surface area contributed by atoms with Crippen LogP contribution in [0, 0.1) is 0 Å². The monoisotopic (exact) mass is 1180 g/mol. The van der Waals surface area contributed by atoms with E-state index in [0.29, 0.717) is 19.3 Å². The van der Waals surface area contributed by atoms with Gasteiger partial charge in [-0.2, -0.15) is 0 Å². The molecule has 1 rings (SSSR count). The highest BCUT2D eigenvalue weighted by molar-refractivity contribution is 5.74. The molecule has 0 radical (unpaired) electrons. The van der Waals surface area contributed by atoms with E-state index >= 15 is 0 Å². The van der Waals surface area contributed by atoms with Gasteiger partial charge in [-0.25, -0.2) is 4.79 Å². The molecule has 0 aliphatic carbocycles. The number of aliphatic hydroxyl groups is 2. The Labute approximate surface area is 514 Å². The van der Waals surface area contributed by atoms with Crippen LogP contribution in [-0.2, 0) is 42.9 Å². The van der Waals surface area contributed by atoms with Crippen molar-refractivity contribution in [1.82, 2.24) is 0 Å². The Kier molecular flexibility index (Phi) is 53.8. The van der Waals surface area contributed by atoms with Crippen LogP contribution in [-0.4, -0.2) is 89.2 Å². The van der Waals surface area contributed by atoms with Crippen molar-refractivity contribution in [2.24, 2.45) is 0 Å². The molecule has 3 N–H and O–H groups in total. The summed E-state index contributed by atoms with van der Waals surface area (Å²) in [7, 11) is 0. The molecular weight excluding hydrogens is 1070 g/mol. The molecule has 0 spiro atoms. The van der Waals surface area contributed by atoms with Crippen LogP contribution in [0.15, 0.2) is 146 Å². The minimum atomic E-state index is -1.93. The van der Waals surface area contributed by atoms with Crippen LogP contribution < -0.4 is 0 Å². The van der Waals surface area contributed by atoms with Crippen molar-refractivity contribution in [2.75, 3.05) is 13.2 Å². The van der Waals surface area contributed by atoms with Crippen molar-refractivity contribution < 1.29 is 58.2 Å². The first-order chi connectivity index (χ1) is 41.6. The van der Waals surface area contributed by atoms with Crippen molar-refractivity contribution in [2.45, 2.75) is 276 Å². The van der Waals surface area contributed by atoms with Crippen LogP contribution in [0.25, 0.3) is 0 Å². The van der Waals surface area contributed by atoms with Gasteiger partial charge in [0.05, 0.1) is 6.61 Å². The van der Waals surface area contributed by atoms with Crippen LogP contribution in [0.3, 0.4) is 0 Å². The first kappa shape index (κ1) is 77.6. The van der Waals surface area contributed by atoms with E-state index in [4.69, 9.17) is 23.7 Å². The zero-order chi connectivity index (χ0) is 61.7. The standard InChI is InChI=1S/C73H114O12/c1-4-7-10-13-16-19-22-25-28-31-33-36-38-41-44-47-50-53-56-59-65(74)81-62-64(83-66(75)60-57-54-51-48-45-42-39-35-30-27-24-21-18-15-12-9-6-3)63-82-73-71(69(78)68(77)70(85-73)72(79)80)84-67(76)61-58-55-52-49-46-43-40-37-34-32-29-26-23-20-17-14-11-8-5-2/h7-12,16-21,25-30,33-34,36-37,43,46,64,68-71,73,77-78H,4-6,13-15,22-24,31-32,35,38-42,44-45,47-63H2,1-3H3,(H,79,80)/b10-7-,11-8-,12-9-,19-16-,20-17-,21-18-,28-25-,29-26-,30-27-,36-33-,37-34-,46-43-. The van der Waals surface area contributed by atoms with E-state index in [0.717, 1.165) is 180 Å². The van der Waals surface area contributed by atoms with Crippen LogP contribution in [0.4, 0.5) is 0 Å². The van der Waals surface area contributed by atoms with Crippen molar-refractivity contribution >= 4 is 23.9 Å². The minimum absolute atomic E-state index is 0.0106. The summed E-state index contributed by atoms with van der Waals surface area (Å²) in [6, 6.07) is 0. The van der Waals surface area contributed by atoms with E-state index in [1.54, 1.807) is 0 Å². The lowest BCUT2D eigenvalue weighted by Gasteiger charge is -2.40. The molecule has 85 heavy (non-hydrogen) atoms. The number of carbonyl (C=O) groups is 4. The number of ether oxygens (including phenoxy) is 5. The Balaban J connectivity index is 2.71. The zero-order valence-corrected chi connectivity index (χ0v) is 52.8. The molecule has 478 valence electrons. The second-order valence-corrected chi connectivity index (χ2v) is 21.6. The van der Waals surface area contributed by atoms with Gasteiger partial charge in [-0.1, -0.05) is 231 Å². The molecule has 1 heterocycles. The topological polar surface area (TPSA) is 175 Å². The number of unbranched alkanes of at least 4 members (excludes halogenated alkanes) is 16. The number of aliphatic hydroxyl groups excluding tert-OH is 2. The van der Waals surface area contributed by atoms with E-state index < -0.39 is 67.3 Å². The van der Waals surface area contributed by atoms with Gasteiger partial charge in [0, 0.05) is 19.3 Å². The second kappa shape index (κ2) is 59.0. The predicted octanol–water partition coefficient (Wildman–Crippen LogP) is 17.9. The van der Waals surface area contributed by atoms with Gasteiger partial charge in [0.2, 0.25) is 0 Å². The van der Waals surface area contributed by atoms with Crippen LogP contribution >= 0.6 is 0 Å². The quantitative estimate of drug-likeness (QED) is 0.0228. The summed E-state index contributed by atoms with van der Waals surface area (Å²) in [6.45, 7) is 5.63. The Morgan fingerprint density at radius 1 is 0.388 bits per heavy atom. The first-order valence-corrected chi connectivity index (χ1v) is 32.8. The van der Waals surface area contributed by atoms with Gasteiger partial charge < -0.3 is 39.0 Å². The third-order valence-corrected chi connectivity index (χ3v) is 13.9. The number of aliphatic carboxylic acids is 1. The summed E-state index contributed by atoms with van der Waals surface area (Å²) >= 11 is 0. The molecule has 6 atom stereocenters. The molecule has 0 amide bonds. The maximum Gasteiger partial charge on any atom is 0.335 e. The lowest BCUT2D eigenvalue weighted by molar-refractivity contribution is -0.301. The summed E-state index contributed by atoms with van der Waals surface area (Å²) in [4.78, 5) is 51.4. The zero-order valence-electron chi connectivity index (χ0n) is 52.8. The fourth-order valence-electron chi connectivity index (χ4n) is 8.99. The summed E-state index contributed by atoms with van der Waals surface area (Å²) in [5, 5.41) is 31.6. The third kappa shape index (κ3) is 48.4. The number of rotatable bonds is 54. The Morgan fingerprint density at radius 3 is 1.08 bits per heavy atom. The molecule has 1 saturated heterocycles. The summed E-state index contributed by atoms with van der Waals surface area (Å²) in [5.74, 6) is -3.21. The van der Waals surface area contributed by atoms with E-state index in [2.05, 4.69) is 167 Å². The average Bonchev–Trinajstić information content (AvgIpc) is 2.79. The summed E-state index contributed by atoms with van der Waals surface area (Å²) < 4.78 is 28.5. The number of allylic oxidation sites excluding steroid dienone is 24. The van der Waals surface area contributed by atoms with Gasteiger partial charge in [-0.3, -0.25) is 14.4 Å². The number of carboxylic acids is 1. The maximum atomic E-state index is 13.2. The molecule has 0 saturated carbocycles. The smallest absolute Gasteiger partial charge is 0.335 e. The van der Waals surface area contributed by atoms with Gasteiger partial charge in [0.15, 0.2) is 24.6 Å². The molecule has 0 aromatic rings. The molecule has 1 aliphatic heterocycles.